The largest absolute Gasteiger partial charge is 0.353 e. The molecule has 0 saturated heterocycles. The number of carbonyl (C=O) groups excluding carboxylic acids is 1. The van der Waals surface area contributed by atoms with Crippen LogP contribution >= 0.6 is 0 Å². The van der Waals surface area contributed by atoms with Gasteiger partial charge in [-0.1, -0.05) is 18.2 Å². The highest BCUT2D eigenvalue weighted by molar-refractivity contribution is 5.95. The van der Waals surface area contributed by atoms with Crippen LogP contribution in [0.15, 0.2) is 54.9 Å². The van der Waals surface area contributed by atoms with Crippen molar-refractivity contribution < 1.29 is 14.6 Å². The zero-order valence-electron chi connectivity index (χ0n) is 15.0. The van der Waals surface area contributed by atoms with Crippen LogP contribution < -0.4 is 10.6 Å². The summed E-state index contributed by atoms with van der Waals surface area (Å²) in [5.41, 5.74) is 0.492. The van der Waals surface area contributed by atoms with Crippen LogP contribution in [0.3, 0.4) is 0 Å². The van der Waals surface area contributed by atoms with Gasteiger partial charge in [0.2, 0.25) is 11.6 Å². The zero-order valence-corrected chi connectivity index (χ0v) is 15.0. The van der Waals surface area contributed by atoms with Crippen molar-refractivity contribution in [2.45, 2.75) is 6.92 Å². The molecule has 3 aromatic rings. The second-order valence-electron chi connectivity index (χ2n) is 5.87. The zero-order chi connectivity index (χ0) is 21.0. The lowest BCUT2D eigenvalue weighted by atomic mass is 10.1. The lowest BCUT2D eigenvalue weighted by Crippen LogP contribution is -2.06. The smallest absolute Gasteiger partial charge is 0.334 e. The van der Waals surface area contributed by atoms with Crippen LogP contribution in [0.5, 0.6) is 0 Å². The number of anilines is 4. The highest BCUT2D eigenvalue weighted by Gasteiger charge is 2.24. The third kappa shape index (κ3) is 4.47. The molecule has 2 N–H and O–H groups in total. The first-order valence-corrected chi connectivity index (χ1v) is 8.24. The molecule has 1 aromatic heterocycles. The number of nitro groups is 2. The summed E-state index contributed by atoms with van der Waals surface area (Å²) in [7, 11) is 0. The number of Topliss-reactive ketones (excluding diaryl/α,β-unsaturated/α-hetero) is 1. The SMILES string of the molecule is CC(=O)c1cccc(Nc2ncnc(Nc3cccc([N+](=O)[O-])c3)c2[N+](=O)[O-])c1. The maximum Gasteiger partial charge on any atom is 0.353 e. The number of benzene rings is 2. The van der Waals surface area contributed by atoms with Crippen LogP contribution in [0.25, 0.3) is 0 Å². The van der Waals surface area contributed by atoms with Crippen molar-refractivity contribution in [3.05, 3.63) is 80.7 Å². The Morgan fingerprint density at radius 3 is 2.03 bits per heavy atom. The Labute approximate surface area is 163 Å². The van der Waals surface area contributed by atoms with Crippen molar-refractivity contribution >= 4 is 40.2 Å². The van der Waals surface area contributed by atoms with Crippen molar-refractivity contribution in [3.8, 4) is 0 Å². The first-order valence-electron chi connectivity index (χ1n) is 8.24. The minimum absolute atomic E-state index is 0.0985. The van der Waals surface area contributed by atoms with E-state index in [1.54, 1.807) is 24.3 Å². The summed E-state index contributed by atoms with van der Waals surface area (Å²) in [5.74, 6) is -0.395. The van der Waals surface area contributed by atoms with E-state index in [1.807, 2.05) is 0 Å². The average molecular weight is 394 g/mol. The minimum atomic E-state index is -0.670. The number of carbonyl (C=O) groups is 1. The number of rotatable bonds is 7. The maximum absolute atomic E-state index is 11.7. The predicted molar refractivity (Wildman–Crippen MR) is 105 cm³/mol. The van der Waals surface area contributed by atoms with Crippen LogP contribution in [0.1, 0.15) is 17.3 Å². The number of hydrogen-bond acceptors (Lipinski definition) is 9. The number of aromatic nitrogens is 2. The summed E-state index contributed by atoms with van der Waals surface area (Å²) in [6.45, 7) is 1.41. The average Bonchev–Trinajstić information content (AvgIpc) is 2.68. The number of nitrogens with one attached hydrogen (secondary N) is 2. The van der Waals surface area contributed by atoms with Gasteiger partial charge in [-0.05, 0) is 25.1 Å². The molecule has 0 bridgehead atoms. The summed E-state index contributed by atoms with van der Waals surface area (Å²) < 4.78 is 0. The van der Waals surface area contributed by atoms with Crippen molar-refractivity contribution in [1.82, 2.24) is 9.97 Å². The summed E-state index contributed by atoms with van der Waals surface area (Å²) >= 11 is 0. The number of ketones is 1. The molecule has 0 aliphatic heterocycles. The fraction of sp³-hybridized carbons (Fsp3) is 0.0556. The van der Waals surface area contributed by atoms with E-state index >= 15 is 0 Å². The van der Waals surface area contributed by atoms with E-state index in [0.29, 0.717) is 11.3 Å². The van der Waals surface area contributed by atoms with Crippen molar-refractivity contribution in [2.75, 3.05) is 10.6 Å². The molecule has 11 heteroatoms. The highest BCUT2D eigenvalue weighted by Crippen LogP contribution is 2.33. The van der Waals surface area contributed by atoms with Gasteiger partial charge in [-0.25, -0.2) is 9.97 Å². The van der Waals surface area contributed by atoms with E-state index < -0.39 is 15.5 Å². The molecular weight excluding hydrogens is 380 g/mol. The standard InChI is InChI=1S/C18H14N6O5/c1-11(25)12-4-2-5-13(8-12)21-17-16(24(28)29)18(20-10-19-17)22-14-6-3-7-15(9-14)23(26)27/h2-10H,1H3,(H2,19,20,21,22). The van der Waals surface area contributed by atoms with Crippen molar-refractivity contribution in [2.24, 2.45) is 0 Å². The minimum Gasteiger partial charge on any atom is -0.334 e. The first-order chi connectivity index (χ1) is 13.8. The van der Waals surface area contributed by atoms with E-state index in [-0.39, 0.29) is 28.8 Å². The Balaban J connectivity index is 1.97. The summed E-state index contributed by atoms with van der Waals surface area (Å²) in [6, 6.07) is 11.9. The third-order valence-corrected chi connectivity index (χ3v) is 3.86. The molecule has 0 radical (unpaired) electrons. The Kier molecular flexibility index (Phi) is 5.39. The normalized spacial score (nSPS) is 10.2. The van der Waals surface area contributed by atoms with Crippen LogP contribution in [0.4, 0.5) is 34.4 Å². The van der Waals surface area contributed by atoms with Gasteiger partial charge in [0.1, 0.15) is 6.33 Å². The molecule has 0 fully saturated rings. The van der Waals surface area contributed by atoms with Crippen LogP contribution in [0.2, 0.25) is 0 Å². The fourth-order valence-corrected chi connectivity index (χ4v) is 2.52. The Hall–Kier alpha value is -4.41. The number of nitrogens with zero attached hydrogens (tertiary/aromatic N) is 4. The van der Waals surface area contributed by atoms with Gasteiger partial charge in [-0.15, -0.1) is 0 Å². The van der Waals surface area contributed by atoms with E-state index in [4.69, 9.17) is 0 Å². The second-order valence-corrected chi connectivity index (χ2v) is 5.87. The molecule has 0 aliphatic rings. The van der Waals surface area contributed by atoms with E-state index in [1.165, 1.54) is 31.2 Å². The molecule has 0 amide bonds. The predicted octanol–water partition coefficient (Wildman–Crippen LogP) is 3.98. The van der Waals surface area contributed by atoms with E-state index in [2.05, 4.69) is 20.6 Å². The van der Waals surface area contributed by atoms with E-state index in [0.717, 1.165) is 6.33 Å². The van der Waals surface area contributed by atoms with Gasteiger partial charge in [0, 0.05) is 29.1 Å². The second kappa shape index (κ2) is 8.08. The van der Waals surface area contributed by atoms with Gasteiger partial charge in [0.15, 0.2) is 5.78 Å². The third-order valence-electron chi connectivity index (χ3n) is 3.86. The van der Waals surface area contributed by atoms with Crippen LogP contribution in [-0.4, -0.2) is 25.6 Å². The molecule has 11 nitrogen and oxygen atoms in total. The molecule has 0 aliphatic carbocycles. The number of non-ortho nitro benzene ring substituents is 1. The van der Waals surface area contributed by atoms with Crippen molar-refractivity contribution in [1.29, 1.82) is 0 Å². The Morgan fingerprint density at radius 1 is 0.897 bits per heavy atom. The monoisotopic (exact) mass is 394 g/mol. The van der Waals surface area contributed by atoms with Crippen LogP contribution in [0, 0.1) is 20.2 Å². The molecular formula is C18H14N6O5. The molecule has 0 spiro atoms. The van der Waals surface area contributed by atoms with E-state index in [9.17, 15) is 25.0 Å². The molecule has 2 aromatic carbocycles. The molecule has 0 unspecified atom stereocenters. The summed E-state index contributed by atoms with van der Waals surface area (Å²) in [6.07, 6.45) is 1.11. The van der Waals surface area contributed by atoms with Gasteiger partial charge in [0.05, 0.1) is 9.85 Å². The Bertz CT molecular complexity index is 1040. The summed E-state index contributed by atoms with van der Waals surface area (Å²) in [4.78, 5) is 40.7. The molecule has 3 rings (SSSR count). The van der Waals surface area contributed by atoms with Gasteiger partial charge in [0.25, 0.3) is 5.69 Å². The molecule has 1 heterocycles. The molecule has 29 heavy (non-hydrogen) atoms. The van der Waals surface area contributed by atoms with Crippen molar-refractivity contribution in [3.63, 3.8) is 0 Å². The molecule has 146 valence electrons. The summed E-state index contributed by atoms with van der Waals surface area (Å²) in [5, 5.41) is 28.1. The maximum atomic E-state index is 11.7. The lowest BCUT2D eigenvalue weighted by molar-refractivity contribution is -0.384. The quantitative estimate of drug-likeness (QED) is 0.344. The number of nitro benzene ring substituents is 1. The van der Waals surface area contributed by atoms with Gasteiger partial charge in [-0.3, -0.25) is 25.0 Å². The van der Waals surface area contributed by atoms with Gasteiger partial charge >= 0.3 is 5.69 Å². The first kappa shape index (κ1) is 19.4. The molecule has 0 atom stereocenters. The highest BCUT2D eigenvalue weighted by atomic mass is 16.6. The van der Waals surface area contributed by atoms with Crippen LogP contribution in [-0.2, 0) is 0 Å². The fourth-order valence-electron chi connectivity index (χ4n) is 2.52. The topological polar surface area (TPSA) is 153 Å². The molecule has 0 saturated carbocycles. The van der Waals surface area contributed by atoms with Gasteiger partial charge < -0.3 is 10.6 Å². The number of hydrogen-bond donors (Lipinski definition) is 2. The lowest BCUT2D eigenvalue weighted by Gasteiger charge is -2.10. The Morgan fingerprint density at radius 2 is 1.48 bits per heavy atom. The van der Waals surface area contributed by atoms with Gasteiger partial charge in [-0.2, -0.15) is 0 Å².